The number of rotatable bonds is 9. The topological polar surface area (TPSA) is 60.3 Å². The first-order chi connectivity index (χ1) is 17.0. The van der Waals surface area contributed by atoms with Crippen molar-refractivity contribution in [3.63, 3.8) is 0 Å². The van der Waals surface area contributed by atoms with Crippen molar-refractivity contribution in [2.24, 2.45) is 0 Å². The molecule has 0 aliphatic heterocycles. The maximum atomic E-state index is 13.7. The molecule has 0 spiro atoms. The van der Waals surface area contributed by atoms with E-state index in [0.717, 1.165) is 41.0 Å². The molecule has 5 nitrogen and oxygen atoms in total. The Morgan fingerprint density at radius 2 is 1.83 bits per heavy atom. The lowest BCUT2D eigenvalue weighted by molar-refractivity contribution is 0.0953. The van der Waals surface area contributed by atoms with E-state index in [-0.39, 0.29) is 16.5 Å². The van der Waals surface area contributed by atoms with Crippen molar-refractivity contribution >= 4 is 17.2 Å². The second kappa shape index (κ2) is 11.1. The lowest BCUT2D eigenvalue weighted by Crippen LogP contribution is -2.24. The molecule has 180 valence electrons. The number of nitrogens with one attached hydrogen (secondary N) is 1. The predicted molar refractivity (Wildman–Crippen MR) is 138 cm³/mol. The van der Waals surface area contributed by atoms with Crippen LogP contribution in [0.25, 0.3) is 16.9 Å². The number of aryl methyl sites for hydroxylation is 2. The third kappa shape index (κ3) is 5.69. The number of nitrogens with zero attached hydrogens (tertiary/aromatic N) is 1. The number of hydrogen-bond acceptors (Lipinski definition) is 4. The van der Waals surface area contributed by atoms with E-state index in [1.54, 1.807) is 18.2 Å². The number of benzene rings is 3. The summed E-state index contributed by atoms with van der Waals surface area (Å²) in [6, 6.07) is 21.5. The first-order valence-electron chi connectivity index (χ1n) is 11.5. The van der Waals surface area contributed by atoms with Crippen molar-refractivity contribution in [2.75, 3.05) is 13.7 Å². The molecule has 0 saturated carbocycles. The summed E-state index contributed by atoms with van der Waals surface area (Å²) < 4.78 is 20.6. The summed E-state index contributed by atoms with van der Waals surface area (Å²) in [6.07, 6.45) is 2.85. The van der Waals surface area contributed by atoms with Gasteiger partial charge in [-0.1, -0.05) is 53.8 Å². The van der Waals surface area contributed by atoms with E-state index in [1.807, 2.05) is 31.2 Å². The highest BCUT2D eigenvalue weighted by Gasteiger charge is 2.19. The number of thiazole rings is 1. The summed E-state index contributed by atoms with van der Waals surface area (Å²) in [5.74, 6) is -0.349. The Balaban J connectivity index is 1.51. The van der Waals surface area contributed by atoms with Gasteiger partial charge in [-0.2, -0.15) is 0 Å². The Bertz CT molecular complexity index is 1380. The monoisotopic (exact) mass is 490 g/mol. The van der Waals surface area contributed by atoms with Crippen LogP contribution in [0.4, 0.5) is 4.39 Å². The van der Waals surface area contributed by atoms with Crippen LogP contribution in [0.1, 0.15) is 33.6 Å². The second-order valence-corrected chi connectivity index (χ2v) is 9.37. The number of halogens is 1. The van der Waals surface area contributed by atoms with E-state index < -0.39 is 5.82 Å². The molecule has 0 atom stereocenters. The van der Waals surface area contributed by atoms with Crippen LogP contribution in [0, 0.1) is 12.7 Å². The number of amides is 1. The normalized spacial score (nSPS) is 10.8. The highest BCUT2D eigenvalue weighted by Crippen LogP contribution is 2.32. The van der Waals surface area contributed by atoms with Gasteiger partial charge in [0.25, 0.3) is 5.91 Å². The second-order valence-electron chi connectivity index (χ2n) is 8.20. The van der Waals surface area contributed by atoms with Crippen LogP contribution in [0.2, 0.25) is 0 Å². The minimum Gasteiger partial charge on any atom is -0.494 e. The molecule has 0 fully saturated rings. The van der Waals surface area contributed by atoms with Gasteiger partial charge in [0.1, 0.15) is 11.6 Å². The number of ether oxygens (including phenoxy) is 1. The fraction of sp³-hybridized carbons (Fsp3) is 0.214. The zero-order chi connectivity index (χ0) is 24.8. The molecule has 0 radical (unpaired) electrons. The molecular weight excluding hydrogens is 463 g/mol. The van der Waals surface area contributed by atoms with Crippen LogP contribution < -0.4 is 14.9 Å². The van der Waals surface area contributed by atoms with Gasteiger partial charge in [-0.05, 0) is 56.0 Å². The van der Waals surface area contributed by atoms with Crippen LogP contribution >= 0.6 is 11.3 Å². The molecule has 4 aromatic rings. The van der Waals surface area contributed by atoms with Crippen LogP contribution in [0.5, 0.6) is 5.75 Å². The maximum Gasteiger partial charge on any atom is 0.312 e. The Morgan fingerprint density at radius 1 is 1.03 bits per heavy atom. The molecule has 0 bridgehead atoms. The van der Waals surface area contributed by atoms with Gasteiger partial charge in [0.2, 0.25) is 0 Å². The van der Waals surface area contributed by atoms with Gasteiger partial charge in [-0.25, -0.2) is 4.39 Å². The number of aromatic nitrogens is 1. The first-order valence-corrected chi connectivity index (χ1v) is 12.3. The fourth-order valence-corrected chi connectivity index (χ4v) is 4.92. The number of hydrogen-bond donors (Lipinski definition) is 1. The molecule has 0 aliphatic rings. The summed E-state index contributed by atoms with van der Waals surface area (Å²) in [5, 5.41) is 2.99. The zero-order valence-electron chi connectivity index (χ0n) is 19.7. The quantitative estimate of drug-likeness (QED) is 0.303. The zero-order valence-corrected chi connectivity index (χ0v) is 20.5. The maximum absolute atomic E-state index is 13.7. The number of methoxy groups -OCH3 is 1. The summed E-state index contributed by atoms with van der Waals surface area (Å²) in [4.78, 5) is 26.2. The average molecular weight is 491 g/mol. The standard InChI is InChI=1S/C28H27FN2O3S/c1-19-26(31(28(33)35-19)24-15-14-23(29)18-25(24)34-2)21-12-8-13-22(17-21)27(32)30-16-7-6-11-20-9-4-3-5-10-20/h3-5,8-10,12-15,17-18H,6-7,11,16H2,1-2H3,(H,30,32). The summed E-state index contributed by atoms with van der Waals surface area (Å²) in [7, 11) is 1.44. The summed E-state index contributed by atoms with van der Waals surface area (Å²) in [6.45, 7) is 2.44. The van der Waals surface area contributed by atoms with E-state index in [4.69, 9.17) is 4.74 Å². The van der Waals surface area contributed by atoms with Crippen molar-refractivity contribution < 1.29 is 13.9 Å². The SMILES string of the molecule is COc1cc(F)ccc1-n1c(-c2cccc(C(=O)NCCCCc3ccccc3)c2)c(C)sc1=O. The number of unbranched alkanes of at least 4 members (excludes halogenated alkanes) is 1. The molecule has 1 aromatic heterocycles. The van der Waals surface area contributed by atoms with Crippen LogP contribution in [0.15, 0.2) is 77.6 Å². The van der Waals surface area contributed by atoms with E-state index >= 15 is 0 Å². The largest absolute Gasteiger partial charge is 0.494 e. The van der Waals surface area contributed by atoms with Gasteiger partial charge in [0.05, 0.1) is 18.5 Å². The average Bonchev–Trinajstić information content (AvgIpc) is 3.17. The molecule has 0 saturated heterocycles. The third-order valence-corrected chi connectivity index (χ3v) is 6.64. The van der Waals surface area contributed by atoms with E-state index in [0.29, 0.717) is 23.5 Å². The van der Waals surface area contributed by atoms with Crippen molar-refractivity contribution in [1.29, 1.82) is 0 Å². The third-order valence-electron chi connectivity index (χ3n) is 5.78. The molecule has 1 heterocycles. The Kier molecular flexibility index (Phi) is 7.77. The highest BCUT2D eigenvalue weighted by atomic mass is 32.1. The molecular formula is C28H27FN2O3S. The van der Waals surface area contributed by atoms with Crippen LogP contribution in [0.3, 0.4) is 0 Å². The molecule has 0 aliphatic carbocycles. The molecule has 4 rings (SSSR count). The highest BCUT2D eigenvalue weighted by molar-refractivity contribution is 7.09. The van der Waals surface area contributed by atoms with E-state index in [2.05, 4.69) is 17.4 Å². The lowest BCUT2D eigenvalue weighted by Gasteiger charge is -2.14. The van der Waals surface area contributed by atoms with Crippen molar-refractivity contribution in [1.82, 2.24) is 9.88 Å². The number of carbonyl (C=O) groups is 1. The van der Waals surface area contributed by atoms with Gasteiger partial charge in [-0.15, -0.1) is 0 Å². The van der Waals surface area contributed by atoms with Gasteiger partial charge < -0.3 is 10.1 Å². The number of carbonyl (C=O) groups excluding carboxylic acids is 1. The van der Waals surface area contributed by atoms with Crippen LogP contribution in [-0.4, -0.2) is 24.1 Å². The van der Waals surface area contributed by atoms with Gasteiger partial charge in [-0.3, -0.25) is 14.2 Å². The Labute approximate surface area is 207 Å². The molecule has 0 unspecified atom stereocenters. The predicted octanol–water partition coefficient (Wildman–Crippen LogP) is 5.77. The van der Waals surface area contributed by atoms with Gasteiger partial charge in [0, 0.05) is 28.6 Å². The smallest absolute Gasteiger partial charge is 0.312 e. The van der Waals surface area contributed by atoms with Crippen molar-refractivity contribution in [2.45, 2.75) is 26.2 Å². The van der Waals surface area contributed by atoms with Crippen LogP contribution in [-0.2, 0) is 6.42 Å². The van der Waals surface area contributed by atoms with Crippen molar-refractivity contribution in [3.05, 3.63) is 104 Å². The van der Waals surface area contributed by atoms with E-state index in [9.17, 15) is 14.0 Å². The molecule has 3 aromatic carbocycles. The fourth-order valence-electron chi connectivity index (χ4n) is 4.07. The lowest BCUT2D eigenvalue weighted by atomic mass is 10.1. The summed E-state index contributed by atoms with van der Waals surface area (Å²) in [5.41, 5.74) is 3.64. The minimum absolute atomic E-state index is 0.160. The minimum atomic E-state index is -0.449. The summed E-state index contributed by atoms with van der Waals surface area (Å²) >= 11 is 1.10. The van der Waals surface area contributed by atoms with Gasteiger partial charge in [0.15, 0.2) is 0 Å². The molecule has 7 heteroatoms. The molecule has 1 amide bonds. The first kappa shape index (κ1) is 24.4. The van der Waals surface area contributed by atoms with E-state index in [1.165, 1.54) is 35.4 Å². The molecule has 1 N–H and O–H groups in total. The van der Waals surface area contributed by atoms with Crippen molar-refractivity contribution in [3.8, 4) is 22.7 Å². The van der Waals surface area contributed by atoms with Gasteiger partial charge >= 0.3 is 4.87 Å². The molecule has 35 heavy (non-hydrogen) atoms. The Morgan fingerprint density at radius 3 is 2.60 bits per heavy atom. The Hall–Kier alpha value is -3.71.